The lowest BCUT2D eigenvalue weighted by molar-refractivity contribution is -0.118. The average Bonchev–Trinajstić information content (AvgIpc) is 3.44. The molecule has 0 aromatic heterocycles. The van der Waals surface area contributed by atoms with Crippen LogP contribution in [0.3, 0.4) is 0 Å². The van der Waals surface area contributed by atoms with Gasteiger partial charge in [0.2, 0.25) is 5.91 Å². The van der Waals surface area contributed by atoms with E-state index in [4.69, 9.17) is 0 Å². The van der Waals surface area contributed by atoms with Crippen LogP contribution >= 0.6 is 0 Å². The Morgan fingerprint density at radius 3 is 2.43 bits per heavy atom. The van der Waals surface area contributed by atoms with Gasteiger partial charge in [0, 0.05) is 35.6 Å². The third-order valence-electron chi connectivity index (χ3n) is 6.29. The van der Waals surface area contributed by atoms with Gasteiger partial charge < -0.3 is 15.5 Å². The first-order valence-electron chi connectivity index (χ1n) is 12.2. The molecule has 1 heterocycles. The average molecular weight is 467 g/mol. The SMILES string of the molecule is CCCC(NC(=O)c1ccccc1-c1ccccc1C#N)C(=O)Nc1cccc(N2CCCC2)c1. The van der Waals surface area contributed by atoms with Gasteiger partial charge in [-0.25, -0.2) is 0 Å². The fourth-order valence-electron chi connectivity index (χ4n) is 4.51. The standard InChI is InChI=1S/C29H30N4O2/c1-2-10-27(29(35)31-22-12-9-13-23(19-22)33-17-7-8-18-33)32-28(34)26-16-6-5-15-25(26)24-14-4-3-11-21(24)20-30/h3-6,9,11-16,19,27H,2,7-8,10,17-18H2,1H3,(H,31,35)(H,32,34). The zero-order valence-corrected chi connectivity index (χ0v) is 20.0. The van der Waals surface area contributed by atoms with Crippen LogP contribution < -0.4 is 15.5 Å². The molecule has 1 aliphatic heterocycles. The van der Waals surface area contributed by atoms with Gasteiger partial charge >= 0.3 is 0 Å². The van der Waals surface area contributed by atoms with Crippen molar-refractivity contribution in [3.8, 4) is 17.2 Å². The van der Waals surface area contributed by atoms with E-state index < -0.39 is 6.04 Å². The van der Waals surface area contributed by atoms with Crippen molar-refractivity contribution in [1.82, 2.24) is 5.32 Å². The van der Waals surface area contributed by atoms with Gasteiger partial charge in [-0.3, -0.25) is 9.59 Å². The highest BCUT2D eigenvalue weighted by Gasteiger charge is 2.23. The van der Waals surface area contributed by atoms with Gasteiger partial charge in [-0.1, -0.05) is 55.8 Å². The van der Waals surface area contributed by atoms with Crippen LogP contribution in [-0.4, -0.2) is 30.9 Å². The number of nitrogens with zero attached hydrogens (tertiary/aromatic N) is 2. The van der Waals surface area contributed by atoms with Crippen LogP contribution in [-0.2, 0) is 4.79 Å². The zero-order valence-electron chi connectivity index (χ0n) is 20.0. The lowest BCUT2D eigenvalue weighted by Crippen LogP contribution is -2.43. The van der Waals surface area contributed by atoms with E-state index in [-0.39, 0.29) is 11.8 Å². The summed E-state index contributed by atoms with van der Waals surface area (Å²) in [5.74, 6) is -0.582. The van der Waals surface area contributed by atoms with Gasteiger partial charge in [0.05, 0.1) is 11.6 Å². The van der Waals surface area contributed by atoms with Crippen LogP contribution in [0.5, 0.6) is 0 Å². The van der Waals surface area contributed by atoms with E-state index in [2.05, 4.69) is 27.7 Å². The third kappa shape index (κ3) is 5.70. The lowest BCUT2D eigenvalue weighted by atomic mass is 9.95. The highest BCUT2D eigenvalue weighted by molar-refractivity contribution is 6.05. The highest BCUT2D eigenvalue weighted by Crippen LogP contribution is 2.27. The van der Waals surface area contributed by atoms with Crippen LogP contribution in [0.15, 0.2) is 72.8 Å². The number of hydrogen-bond acceptors (Lipinski definition) is 4. The van der Waals surface area contributed by atoms with Gasteiger partial charge in [-0.2, -0.15) is 5.26 Å². The van der Waals surface area contributed by atoms with Gasteiger partial charge in [-0.05, 0) is 55.2 Å². The number of nitriles is 1. The Labute approximate surface area is 206 Å². The van der Waals surface area contributed by atoms with Crippen molar-refractivity contribution in [2.75, 3.05) is 23.3 Å². The Morgan fingerprint density at radius 2 is 1.69 bits per heavy atom. The van der Waals surface area contributed by atoms with Crippen molar-refractivity contribution in [3.05, 3.63) is 83.9 Å². The summed E-state index contributed by atoms with van der Waals surface area (Å²) in [5, 5.41) is 15.4. The molecule has 3 aromatic rings. The molecule has 178 valence electrons. The van der Waals surface area contributed by atoms with Crippen LogP contribution in [0.25, 0.3) is 11.1 Å². The molecule has 35 heavy (non-hydrogen) atoms. The van der Waals surface area contributed by atoms with E-state index in [0.717, 1.165) is 30.9 Å². The fraction of sp³-hybridized carbons (Fsp3) is 0.276. The number of nitrogens with one attached hydrogen (secondary N) is 2. The quantitative estimate of drug-likeness (QED) is 0.468. The number of hydrogen-bond donors (Lipinski definition) is 2. The highest BCUT2D eigenvalue weighted by atomic mass is 16.2. The predicted octanol–water partition coefficient (Wildman–Crippen LogP) is 5.36. The van der Waals surface area contributed by atoms with Gasteiger partial charge in [-0.15, -0.1) is 0 Å². The summed E-state index contributed by atoms with van der Waals surface area (Å²) in [6.45, 7) is 4.04. The Morgan fingerprint density at radius 1 is 0.971 bits per heavy atom. The zero-order chi connectivity index (χ0) is 24.6. The molecule has 1 fully saturated rings. The van der Waals surface area contributed by atoms with Crippen molar-refractivity contribution in [3.63, 3.8) is 0 Å². The third-order valence-corrected chi connectivity index (χ3v) is 6.29. The van der Waals surface area contributed by atoms with Gasteiger partial charge in [0.15, 0.2) is 0 Å². The van der Waals surface area contributed by atoms with Crippen molar-refractivity contribution < 1.29 is 9.59 Å². The predicted molar refractivity (Wildman–Crippen MR) is 139 cm³/mol. The van der Waals surface area contributed by atoms with Crippen LogP contribution in [0.2, 0.25) is 0 Å². The summed E-state index contributed by atoms with van der Waals surface area (Å²) in [6, 6.07) is 23.7. The van der Waals surface area contributed by atoms with Crippen molar-refractivity contribution in [2.24, 2.45) is 0 Å². The Bertz CT molecular complexity index is 1240. The van der Waals surface area contributed by atoms with E-state index >= 15 is 0 Å². The molecule has 0 spiro atoms. The topological polar surface area (TPSA) is 85.2 Å². The summed E-state index contributed by atoms with van der Waals surface area (Å²) in [7, 11) is 0. The number of amides is 2. The minimum absolute atomic E-state index is 0.242. The second-order valence-electron chi connectivity index (χ2n) is 8.75. The maximum atomic E-state index is 13.3. The molecule has 0 bridgehead atoms. The second kappa shape index (κ2) is 11.3. The van der Waals surface area contributed by atoms with E-state index in [1.54, 1.807) is 24.3 Å². The number of benzene rings is 3. The minimum Gasteiger partial charge on any atom is -0.371 e. The van der Waals surface area contributed by atoms with Gasteiger partial charge in [0.1, 0.15) is 6.04 Å². The maximum absolute atomic E-state index is 13.3. The molecule has 6 nitrogen and oxygen atoms in total. The van der Waals surface area contributed by atoms with Crippen LogP contribution in [0.1, 0.15) is 48.5 Å². The molecule has 2 amide bonds. The summed E-state index contributed by atoms with van der Waals surface area (Å²) in [6.07, 6.45) is 3.62. The monoisotopic (exact) mass is 466 g/mol. The molecule has 1 saturated heterocycles. The van der Waals surface area contributed by atoms with E-state index in [0.29, 0.717) is 28.7 Å². The molecule has 1 aliphatic rings. The molecule has 2 N–H and O–H groups in total. The number of anilines is 2. The molecule has 0 saturated carbocycles. The molecule has 1 atom stereocenters. The maximum Gasteiger partial charge on any atom is 0.252 e. The largest absolute Gasteiger partial charge is 0.371 e. The molecule has 0 aliphatic carbocycles. The Kier molecular flexibility index (Phi) is 7.79. The minimum atomic E-state index is -0.679. The summed E-state index contributed by atoms with van der Waals surface area (Å²) in [4.78, 5) is 28.8. The molecular weight excluding hydrogens is 436 g/mol. The van der Waals surface area contributed by atoms with Gasteiger partial charge in [0.25, 0.3) is 5.91 Å². The fourth-order valence-corrected chi connectivity index (χ4v) is 4.51. The molecule has 1 unspecified atom stereocenters. The first kappa shape index (κ1) is 24.0. The molecular formula is C29H30N4O2. The van der Waals surface area contributed by atoms with E-state index in [1.165, 1.54) is 12.8 Å². The number of carbonyl (C=O) groups is 2. The smallest absolute Gasteiger partial charge is 0.252 e. The normalized spacial score (nSPS) is 13.7. The summed E-state index contributed by atoms with van der Waals surface area (Å²) in [5.41, 5.74) is 4.10. The van der Waals surface area contributed by atoms with Crippen molar-refractivity contribution >= 4 is 23.2 Å². The van der Waals surface area contributed by atoms with E-state index in [1.807, 2.05) is 49.4 Å². The second-order valence-corrected chi connectivity index (χ2v) is 8.75. The van der Waals surface area contributed by atoms with Crippen molar-refractivity contribution in [1.29, 1.82) is 5.26 Å². The number of carbonyl (C=O) groups excluding carboxylic acids is 2. The Balaban J connectivity index is 1.52. The van der Waals surface area contributed by atoms with Crippen molar-refractivity contribution in [2.45, 2.75) is 38.6 Å². The van der Waals surface area contributed by atoms with E-state index in [9.17, 15) is 14.9 Å². The first-order valence-corrected chi connectivity index (χ1v) is 12.2. The Hall–Kier alpha value is -4.11. The summed E-state index contributed by atoms with van der Waals surface area (Å²) < 4.78 is 0. The first-order chi connectivity index (χ1) is 17.1. The lowest BCUT2D eigenvalue weighted by Gasteiger charge is -2.21. The molecule has 3 aromatic carbocycles. The number of rotatable bonds is 8. The van der Waals surface area contributed by atoms with Crippen LogP contribution in [0.4, 0.5) is 11.4 Å². The molecule has 0 radical (unpaired) electrons. The summed E-state index contributed by atoms with van der Waals surface area (Å²) >= 11 is 0. The molecule has 6 heteroatoms. The molecule has 4 rings (SSSR count). The van der Waals surface area contributed by atoms with Crippen LogP contribution in [0, 0.1) is 11.3 Å².